The standard InChI is InChI=1S/C13H14ClF3O3.C12H12ClF3O3.C9H8ClF3O.C9H10ClFO2.C9H8ClFO2.C7H4ClFO2.C4H8O3.C2H5.CH4O.BrH.Mg.Mn.2Na.H2O.2O.H2S/c1-4-13(16,17)8-5-10(15)9(14)6-11(8)20-7(2)12(18)19-3;1-3-12(15,16)7-4-9(14)8(13)5-10(7)19-6(2)11(17)18;1-2-9(12,13)5-3-7(11)6(10)4-8(5)14;2*1-2-8(12)5-3-7(11)6(10)4-9(5)13;8-5-2-7(11)4(3-10)1-6(5)9;1-3(5)4(6)7-2;2*1-2;;;;;;;;;/h5-7H,4H2,1-3H3;4-6H,3H2,1-2H3,(H,17,18);3-4,14H,2H2,1H3;3-4,8,12-13H,2H2,1H3;3-4,13H,2H2,1H3;1-3,11H;3,5H,1-2H3;1H2,2H3;2H,1H3;1H;;;;;1H2;;;1H2/q;;;;;;;-1;;;+2;;2*+1;;;;/p-3/t7-;6-;;;;;3-;;;;;;;;;;;/m00....1.........../s1. The summed E-state index contributed by atoms with van der Waals surface area (Å²) in [6, 6.07) is 10.2. The van der Waals surface area contributed by atoms with E-state index in [4.69, 9.17) is 107 Å². The van der Waals surface area contributed by atoms with Crippen LogP contribution < -0.4 is 90.7 Å². The fraction of sp³-hybridized carbons (Fsp3) is 0.364. The van der Waals surface area contributed by atoms with Crippen molar-refractivity contribution in [2.75, 3.05) is 21.3 Å². The number of methoxy groups -OCH3 is 2. The van der Waals surface area contributed by atoms with Gasteiger partial charge in [-0.05, 0) is 63.6 Å². The fourth-order valence-electron chi connectivity index (χ4n) is 6.67. The van der Waals surface area contributed by atoms with Crippen LogP contribution >= 0.6 is 83.1 Å². The molecular formula is C66H75BrCl6F12MgMnNa2O20S. The van der Waals surface area contributed by atoms with Gasteiger partial charge in [-0.1, -0.05) is 104 Å². The van der Waals surface area contributed by atoms with Crippen LogP contribution in [0.5, 0.6) is 34.5 Å². The van der Waals surface area contributed by atoms with Crippen molar-refractivity contribution in [3.05, 3.63) is 178 Å². The monoisotopic (exact) mass is 1860 g/mol. The molecule has 20 nitrogen and oxygen atoms in total. The summed E-state index contributed by atoms with van der Waals surface area (Å²) in [5.41, 5.74) is -2.09. The number of carboxylic acids is 1. The van der Waals surface area contributed by atoms with E-state index in [2.05, 4.69) is 16.4 Å². The molecule has 6 rings (SSSR count). The van der Waals surface area contributed by atoms with Crippen molar-refractivity contribution in [1.82, 2.24) is 0 Å². The summed E-state index contributed by atoms with van der Waals surface area (Å²) in [5, 5.41) is 70.2. The Bertz CT molecular complexity index is 3810. The summed E-state index contributed by atoms with van der Waals surface area (Å²) < 4.78 is 194. The van der Waals surface area contributed by atoms with Gasteiger partial charge in [-0.15, -0.1) is 0 Å². The molecule has 0 saturated carbocycles. The first-order chi connectivity index (χ1) is 48.1. The summed E-state index contributed by atoms with van der Waals surface area (Å²) in [5.74, 6) is -20.4. The predicted molar refractivity (Wildman–Crippen MR) is 372 cm³/mol. The Labute approximate surface area is 739 Å². The first-order valence-electron chi connectivity index (χ1n) is 29.1. The Morgan fingerprint density at radius 1 is 0.527 bits per heavy atom. The van der Waals surface area contributed by atoms with Gasteiger partial charge in [-0.25, -0.2) is 62.3 Å². The van der Waals surface area contributed by atoms with Crippen LogP contribution in [0.1, 0.15) is 143 Å². The molecule has 6 aromatic rings. The summed E-state index contributed by atoms with van der Waals surface area (Å²) in [7, 11) is 3.37. The molecule has 0 aliphatic heterocycles. The van der Waals surface area contributed by atoms with Gasteiger partial charge < -0.3 is 94.0 Å². The molecule has 0 bridgehead atoms. The third-order valence-electron chi connectivity index (χ3n) is 12.3. The Morgan fingerprint density at radius 2 is 0.827 bits per heavy atom. The van der Waals surface area contributed by atoms with Gasteiger partial charge >= 0.3 is 117 Å². The maximum atomic E-state index is 13.8. The van der Waals surface area contributed by atoms with E-state index >= 15 is 0 Å². The zero-order valence-electron chi connectivity index (χ0n) is 60.8. The zero-order chi connectivity index (χ0) is 82.2. The maximum absolute atomic E-state index is 13.8. The number of aldehydes is 1. The number of hydrogen-bond acceptors (Lipinski definition) is 20. The molecule has 44 heteroatoms. The van der Waals surface area contributed by atoms with E-state index in [1.807, 2.05) is 0 Å². The fourth-order valence-corrected chi connectivity index (χ4v) is 7.61. The van der Waals surface area contributed by atoms with E-state index in [1.54, 1.807) is 20.8 Å². The van der Waals surface area contributed by atoms with Crippen molar-refractivity contribution < 1.29 is 241 Å². The summed E-state index contributed by atoms with van der Waals surface area (Å²) in [6.07, 6.45) is -5.10. The summed E-state index contributed by atoms with van der Waals surface area (Å²) in [6.45, 7) is 15.9. The number of carboxylic acid groups (broad SMARTS) is 1. The molecule has 6 aromatic carbocycles. The number of halogens is 19. The predicted octanol–water partition coefficient (Wildman–Crippen LogP) is 7.82. The molecule has 0 heterocycles. The third-order valence-corrected chi connectivity index (χ3v) is 14.0. The van der Waals surface area contributed by atoms with Crippen LogP contribution in [0.3, 0.4) is 0 Å². The Hall–Kier alpha value is -3.67. The number of phenols is 4. The van der Waals surface area contributed by atoms with Crippen molar-refractivity contribution in [1.29, 1.82) is 0 Å². The molecule has 110 heavy (non-hydrogen) atoms. The molecule has 0 aliphatic rings. The normalized spacial score (nSPS) is 10.9. The minimum absolute atomic E-state index is 0. The van der Waals surface area contributed by atoms with Crippen molar-refractivity contribution in [2.45, 2.75) is 137 Å². The zero-order valence-corrected chi connectivity index (χ0v) is 74.5. The number of ether oxygens (including phenoxy) is 4. The van der Waals surface area contributed by atoms with Crippen molar-refractivity contribution in [2.24, 2.45) is 0 Å². The number of carbonyl (C=O) groups excluding carboxylic acids is 5. The second-order valence-electron chi connectivity index (χ2n) is 19.4. The van der Waals surface area contributed by atoms with Crippen LogP contribution in [-0.2, 0) is 64.1 Å². The van der Waals surface area contributed by atoms with Gasteiger partial charge in [0, 0.05) is 74.8 Å². The number of benzene rings is 6. The topological polar surface area (TPSA) is 351 Å². The molecule has 0 fully saturated rings. The molecule has 0 aliphatic carbocycles. The Kier molecular flexibility index (Phi) is 74.5. The molecule has 0 amide bonds. The molecule has 1 unspecified atom stereocenters. The number of hydrogen-bond donors (Lipinski definition) is 7. The second-order valence-corrected chi connectivity index (χ2v) is 22.0. The summed E-state index contributed by atoms with van der Waals surface area (Å²) in [4.78, 5) is 53.1. The number of aliphatic hydroxyl groups excluding tert-OH is 3. The van der Waals surface area contributed by atoms with Crippen LogP contribution in [0.4, 0.5) is 52.7 Å². The van der Waals surface area contributed by atoms with E-state index in [9.17, 15) is 97.1 Å². The number of phenolic OH excluding ortho intramolecular Hbond substituents is 4. The van der Waals surface area contributed by atoms with Crippen molar-refractivity contribution >= 4 is 136 Å². The molecule has 4 atom stereocenters. The van der Waals surface area contributed by atoms with E-state index in [0.29, 0.717) is 30.9 Å². The Morgan fingerprint density at radius 3 is 1.15 bits per heavy atom. The van der Waals surface area contributed by atoms with Crippen molar-refractivity contribution in [3.63, 3.8) is 0 Å². The van der Waals surface area contributed by atoms with Crippen LogP contribution in [0.2, 0.25) is 30.1 Å². The van der Waals surface area contributed by atoms with Gasteiger partial charge in [-0.3, -0.25) is 9.59 Å². The number of alkyl halides is 6. The number of aromatic hydroxyl groups is 4. The van der Waals surface area contributed by atoms with E-state index in [-0.39, 0.29) is 195 Å². The molecule has 0 saturated heterocycles. The molecule has 8 N–H and O–H groups in total. The van der Waals surface area contributed by atoms with Gasteiger partial charge in [0.05, 0.1) is 84.2 Å². The number of Topliss-reactive ketones (excluding diaryl/α,β-unsaturated/α-hetero) is 1. The second kappa shape index (κ2) is 64.5. The average molecular weight is 1870 g/mol. The summed E-state index contributed by atoms with van der Waals surface area (Å²) >= 11 is 31.0. The van der Waals surface area contributed by atoms with E-state index < -0.39 is 162 Å². The molecule has 0 radical (unpaired) electrons. The number of esters is 2. The van der Waals surface area contributed by atoms with Crippen LogP contribution in [0.15, 0.2) is 72.8 Å². The number of rotatable bonds is 18. The molecular weight excluding hydrogens is 1790 g/mol. The number of aliphatic hydroxyl groups is 3. The van der Waals surface area contributed by atoms with E-state index in [0.717, 1.165) is 75.7 Å². The number of carbonyl (C=O) groups is 5. The van der Waals surface area contributed by atoms with Gasteiger partial charge in [0.2, 0.25) is 0 Å². The third kappa shape index (κ3) is 45.0. The number of ketones is 1. The van der Waals surface area contributed by atoms with Crippen LogP contribution in [-0.4, -0.2) is 134 Å². The first-order valence-corrected chi connectivity index (χ1v) is 32.3. The number of aliphatic carboxylic acids is 1. The van der Waals surface area contributed by atoms with Gasteiger partial charge in [0.25, 0.3) is 17.8 Å². The van der Waals surface area contributed by atoms with Gasteiger partial charge in [0.15, 0.2) is 18.2 Å². The molecule has 0 spiro atoms. The van der Waals surface area contributed by atoms with Gasteiger partial charge in [0.1, 0.15) is 81.6 Å². The molecule has 0 aromatic heterocycles. The molecule has 609 valence electrons. The first kappa shape index (κ1) is 127. The van der Waals surface area contributed by atoms with Gasteiger partial charge in [-0.2, -0.15) is 20.4 Å². The minimum atomic E-state index is -3.35. The average Bonchev–Trinajstić information content (AvgIpc) is 0.808. The Balaban J connectivity index is -0.000000131. The van der Waals surface area contributed by atoms with Crippen LogP contribution in [0, 0.1) is 41.8 Å². The van der Waals surface area contributed by atoms with Crippen LogP contribution in [0.25, 0.3) is 0 Å². The quantitative estimate of drug-likeness (QED) is 0.0108. The van der Waals surface area contributed by atoms with E-state index in [1.165, 1.54) is 41.7 Å². The van der Waals surface area contributed by atoms with Crippen molar-refractivity contribution in [3.8, 4) is 34.5 Å². The SMILES string of the molecule is CCC(=O)c1cc(F)c(Cl)cc1O.CCC(F)(F)c1cc(F)c(Cl)cc1O.CCC(F)(F)c1cc(F)c(Cl)cc1O[C@@H](C)C(=O)OC.CCC(F)(F)c1cc(F)c(Cl)cc1O[C@@H](C)C(=O)[O-].CCC(O)c1cc(F)c(Cl)cc1O.CO.COC(=O)[C@@H](C)O.O=Cc1cc(F)c(Cl)cc1O.S.[Br-].[CH2-]C.[Mg+2].[Na+].[Na+].[OH-].[O]=[Mn]=[O].